The Balaban J connectivity index is 1.76. The fourth-order valence-corrected chi connectivity index (χ4v) is 3.49. The number of carbonyl (C=O) groups is 2. The van der Waals surface area contributed by atoms with Crippen LogP contribution in [-0.4, -0.2) is 33.2 Å². The summed E-state index contributed by atoms with van der Waals surface area (Å²) in [5.41, 5.74) is -0.561. The summed E-state index contributed by atoms with van der Waals surface area (Å²) in [6.07, 6.45) is -2.11. The number of esters is 1. The number of aromatic nitrogens is 3. The lowest BCUT2D eigenvalue weighted by Gasteiger charge is -2.14. The molecule has 11 heteroatoms. The molecule has 2 heterocycles. The molecule has 0 aliphatic rings. The van der Waals surface area contributed by atoms with Crippen LogP contribution in [0.2, 0.25) is 0 Å². The average molecular weight is 424 g/mol. The van der Waals surface area contributed by atoms with Crippen molar-refractivity contribution in [2.75, 3.05) is 11.9 Å². The highest BCUT2D eigenvalue weighted by atomic mass is 32.1. The average Bonchev–Trinajstić information content (AvgIpc) is 3.28. The molecule has 0 atom stereocenters. The van der Waals surface area contributed by atoms with Crippen molar-refractivity contribution in [2.45, 2.75) is 20.0 Å². The zero-order valence-electron chi connectivity index (χ0n) is 15.3. The van der Waals surface area contributed by atoms with E-state index in [1.807, 2.05) is 6.92 Å². The number of benzene rings is 1. The number of rotatable bonds is 5. The fourth-order valence-electron chi connectivity index (χ4n) is 2.57. The van der Waals surface area contributed by atoms with Gasteiger partial charge in [-0.05, 0) is 38.1 Å². The zero-order valence-corrected chi connectivity index (χ0v) is 16.1. The molecule has 0 saturated carbocycles. The normalized spacial score (nSPS) is 11.3. The summed E-state index contributed by atoms with van der Waals surface area (Å²) in [7, 11) is 0. The Bertz CT molecular complexity index is 1050. The number of halogens is 3. The van der Waals surface area contributed by atoms with E-state index in [4.69, 9.17) is 4.74 Å². The molecule has 0 spiro atoms. The predicted molar refractivity (Wildman–Crippen MR) is 99.1 cm³/mol. The Morgan fingerprint density at radius 1 is 1.24 bits per heavy atom. The van der Waals surface area contributed by atoms with Crippen molar-refractivity contribution in [2.24, 2.45) is 0 Å². The second-order valence-electron chi connectivity index (χ2n) is 6.02. The van der Waals surface area contributed by atoms with E-state index in [1.165, 1.54) is 28.7 Å². The maximum atomic E-state index is 13.0. The molecule has 0 radical (unpaired) electrons. The van der Waals surface area contributed by atoms with E-state index in [2.05, 4.69) is 15.4 Å². The number of hydrogen-bond acceptors (Lipinski definition) is 6. The number of hydrogen-bond donors (Lipinski definition) is 1. The predicted octanol–water partition coefficient (Wildman–Crippen LogP) is 3.76. The molecule has 1 N–H and O–H groups in total. The van der Waals surface area contributed by atoms with Gasteiger partial charge in [0.05, 0.1) is 22.5 Å². The summed E-state index contributed by atoms with van der Waals surface area (Å²) in [5.74, 6) is -1.47. The first kappa shape index (κ1) is 20.5. The molecule has 7 nitrogen and oxygen atoms in total. The maximum absolute atomic E-state index is 13.0. The first-order valence-electron chi connectivity index (χ1n) is 8.25. The van der Waals surface area contributed by atoms with Crippen molar-refractivity contribution >= 4 is 28.9 Å². The third-order valence-electron chi connectivity index (χ3n) is 3.86. The number of carbonyl (C=O) groups excluding carboxylic acids is 2. The molecule has 152 valence electrons. The number of nitrogens with zero attached hydrogens (tertiary/aromatic N) is 3. The fraction of sp³-hybridized carbons (Fsp3) is 0.222. The van der Waals surface area contributed by atoms with Crippen LogP contribution in [0, 0.1) is 13.8 Å². The summed E-state index contributed by atoms with van der Waals surface area (Å²) in [6.45, 7) is 2.93. The lowest BCUT2D eigenvalue weighted by atomic mass is 10.1. The van der Waals surface area contributed by atoms with Crippen LogP contribution in [0.15, 0.2) is 36.9 Å². The molecule has 2 aromatic heterocycles. The van der Waals surface area contributed by atoms with Crippen molar-refractivity contribution in [1.29, 1.82) is 0 Å². The first-order valence-corrected chi connectivity index (χ1v) is 9.07. The Hall–Kier alpha value is -3.21. The third kappa shape index (κ3) is 4.80. The van der Waals surface area contributed by atoms with Gasteiger partial charge in [-0.1, -0.05) is 0 Å². The third-order valence-corrected chi connectivity index (χ3v) is 4.82. The molecule has 0 saturated heterocycles. The summed E-state index contributed by atoms with van der Waals surface area (Å²) >= 11 is 1.42. The van der Waals surface area contributed by atoms with Crippen LogP contribution < -0.4 is 5.32 Å². The molecular weight excluding hydrogens is 409 g/mol. The molecule has 0 aliphatic carbocycles. The van der Waals surface area contributed by atoms with Crippen molar-refractivity contribution < 1.29 is 27.5 Å². The molecule has 1 aromatic carbocycles. The second kappa shape index (κ2) is 8.03. The molecule has 29 heavy (non-hydrogen) atoms. The standard InChI is InChI=1S/C18H15F3N4O3S/c1-10-5-13(11(2)29-10)17(27)28-7-16(26)24-14-6-12(18(19,20)21)3-4-15(14)25-9-22-8-23-25/h3-6,8-9H,7H2,1-2H3,(H,24,26). The van der Waals surface area contributed by atoms with Gasteiger partial charge in [0.25, 0.3) is 5.91 Å². The number of nitrogens with one attached hydrogen (secondary N) is 1. The van der Waals surface area contributed by atoms with Gasteiger partial charge in [-0.3, -0.25) is 4.79 Å². The number of amides is 1. The lowest BCUT2D eigenvalue weighted by molar-refractivity contribution is -0.137. The highest BCUT2D eigenvalue weighted by Gasteiger charge is 2.31. The topological polar surface area (TPSA) is 86.1 Å². The minimum atomic E-state index is -4.60. The van der Waals surface area contributed by atoms with Gasteiger partial charge in [0.2, 0.25) is 0 Å². The molecular formula is C18H15F3N4O3S. The Labute approximate surface area is 167 Å². The van der Waals surface area contributed by atoms with Gasteiger partial charge in [-0.2, -0.15) is 18.3 Å². The quantitative estimate of drug-likeness (QED) is 0.631. The lowest BCUT2D eigenvalue weighted by Crippen LogP contribution is -2.22. The smallest absolute Gasteiger partial charge is 0.416 e. The van der Waals surface area contributed by atoms with Crippen molar-refractivity contribution in [3.63, 3.8) is 0 Å². The van der Waals surface area contributed by atoms with Gasteiger partial charge >= 0.3 is 12.1 Å². The highest BCUT2D eigenvalue weighted by molar-refractivity contribution is 7.12. The second-order valence-corrected chi connectivity index (χ2v) is 7.48. The molecule has 0 unspecified atom stereocenters. The van der Waals surface area contributed by atoms with Gasteiger partial charge in [0.15, 0.2) is 6.61 Å². The van der Waals surface area contributed by atoms with E-state index < -0.39 is 30.2 Å². The van der Waals surface area contributed by atoms with E-state index in [0.29, 0.717) is 5.56 Å². The minimum Gasteiger partial charge on any atom is -0.452 e. The van der Waals surface area contributed by atoms with Gasteiger partial charge in [0.1, 0.15) is 12.7 Å². The molecule has 3 rings (SSSR count). The number of anilines is 1. The highest BCUT2D eigenvalue weighted by Crippen LogP contribution is 2.33. The van der Waals surface area contributed by atoms with E-state index >= 15 is 0 Å². The van der Waals surface area contributed by atoms with Crippen molar-refractivity contribution in [3.8, 4) is 5.69 Å². The molecule has 0 bridgehead atoms. The monoisotopic (exact) mass is 424 g/mol. The number of alkyl halides is 3. The van der Waals surface area contributed by atoms with Gasteiger partial charge in [-0.25, -0.2) is 14.5 Å². The summed E-state index contributed by atoms with van der Waals surface area (Å²) in [4.78, 5) is 29.7. The van der Waals surface area contributed by atoms with E-state index in [-0.39, 0.29) is 11.4 Å². The maximum Gasteiger partial charge on any atom is 0.416 e. The van der Waals surface area contributed by atoms with Crippen LogP contribution in [0.25, 0.3) is 5.69 Å². The number of ether oxygens (including phenoxy) is 1. The van der Waals surface area contributed by atoms with Crippen molar-refractivity contribution in [1.82, 2.24) is 14.8 Å². The SMILES string of the molecule is Cc1cc(C(=O)OCC(=O)Nc2cc(C(F)(F)F)ccc2-n2cncn2)c(C)s1. The van der Waals surface area contributed by atoms with E-state index in [0.717, 1.165) is 28.0 Å². The first-order chi connectivity index (χ1) is 13.6. The molecule has 1 amide bonds. The Morgan fingerprint density at radius 3 is 2.59 bits per heavy atom. The van der Waals surface area contributed by atoms with Crippen LogP contribution in [0.4, 0.5) is 18.9 Å². The van der Waals surface area contributed by atoms with Crippen LogP contribution >= 0.6 is 11.3 Å². The summed E-state index contributed by atoms with van der Waals surface area (Å²) in [5, 5.41) is 6.20. The summed E-state index contributed by atoms with van der Waals surface area (Å²) in [6, 6.07) is 4.46. The van der Waals surface area contributed by atoms with Crippen LogP contribution in [-0.2, 0) is 15.7 Å². The van der Waals surface area contributed by atoms with Gasteiger partial charge in [-0.15, -0.1) is 11.3 Å². The number of aryl methyl sites for hydroxylation is 2. The van der Waals surface area contributed by atoms with Gasteiger partial charge in [0, 0.05) is 9.75 Å². The van der Waals surface area contributed by atoms with Crippen molar-refractivity contribution in [3.05, 3.63) is 57.8 Å². The van der Waals surface area contributed by atoms with E-state index in [9.17, 15) is 22.8 Å². The Morgan fingerprint density at radius 2 is 2.00 bits per heavy atom. The Kier molecular flexibility index (Phi) is 5.69. The van der Waals surface area contributed by atoms with Gasteiger partial charge < -0.3 is 10.1 Å². The summed E-state index contributed by atoms with van der Waals surface area (Å²) < 4.78 is 45.3. The number of thiophene rings is 1. The molecule has 3 aromatic rings. The molecule has 0 fully saturated rings. The zero-order chi connectivity index (χ0) is 21.2. The van der Waals surface area contributed by atoms with Crippen LogP contribution in [0.1, 0.15) is 25.7 Å². The van der Waals surface area contributed by atoms with Crippen LogP contribution in [0.5, 0.6) is 0 Å². The minimum absolute atomic E-state index is 0.145. The molecule has 0 aliphatic heterocycles. The van der Waals surface area contributed by atoms with Crippen LogP contribution in [0.3, 0.4) is 0 Å². The largest absolute Gasteiger partial charge is 0.452 e. The van der Waals surface area contributed by atoms with E-state index in [1.54, 1.807) is 13.0 Å².